The minimum atomic E-state index is -3.88. The number of amides is 2. The molecule has 0 fully saturated rings. The Morgan fingerprint density at radius 2 is 1.69 bits per heavy atom. The van der Waals surface area contributed by atoms with Gasteiger partial charge in [-0.25, -0.2) is 12.8 Å². The Balaban J connectivity index is 1.91. The lowest BCUT2D eigenvalue weighted by atomic mass is 10.1. The third kappa shape index (κ3) is 6.87. The van der Waals surface area contributed by atoms with E-state index in [0.717, 1.165) is 10.6 Å². The first-order chi connectivity index (χ1) is 17.0. The van der Waals surface area contributed by atoms with Crippen LogP contribution in [-0.4, -0.2) is 63.2 Å². The lowest BCUT2D eigenvalue weighted by Gasteiger charge is -2.32. The van der Waals surface area contributed by atoms with Crippen LogP contribution in [0.2, 0.25) is 0 Å². The highest BCUT2D eigenvalue weighted by atomic mass is 32.2. The summed E-state index contributed by atoms with van der Waals surface area (Å²) in [6.07, 6.45) is 1.71. The Kier molecular flexibility index (Phi) is 8.78. The molecule has 36 heavy (non-hydrogen) atoms. The predicted molar refractivity (Wildman–Crippen MR) is 134 cm³/mol. The number of hydrogen-bond donors (Lipinski definition) is 1. The molecule has 1 heterocycles. The Hall–Kier alpha value is -3.34. The van der Waals surface area contributed by atoms with E-state index in [4.69, 9.17) is 9.47 Å². The van der Waals surface area contributed by atoms with Crippen LogP contribution in [0.5, 0.6) is 11.5 Å². The number of fused-ring (bicyclic) bond motifs is 1. The first-order valence-corrected chi connectivity index (χ1v) is 13.6. The van der Waals surface area contributed by atoms with E-state index >= 15 is 0 Å². The zero-order chi connectivity index (χ0) is 26.5. The fraction of sp³-hybridized carbons (Fsp3) is 0.440. The van der Waals surface area contributed by atoms with Gasteiger partial charge in [0.15, 0.2) is 11.5 Å². The smallest absolute Gasteiger partial charge is 0.244 e. The maximum atomic E-state index is 13.5. The van der Waals surface area contributed by atoms with Crippen LogP contribution in [-0.2, 0) is 26.2 Å². The van der Waals surface area contributed by atoms with Crippen LogP contribution in [0.25, 0.3) is 0 Å². The van der Waals surface area contributed by atoms with Crippen LogP contribution in [0.1, 0.15) is 32.8 Å². The van der Waals surface area contributed by atoms with Crippen LogP contribution < -0.4 is 19.1 Å². The van der Waals surface area contributed by atoms with Crippen molar-refractivity contribution in [2.45, 2.75) is 45.8 Å². The maximum Gasteiger partial charge on any atom is 0.244 e. The number of benzene rings is 2. The minimum absolute atomic E-state index is 0.00700. The van der Waals surface area contributed by atoms with Gasteiger partial charge in [0.1, 0.15) is 31.6 Å². The summed E-state index contributed by atoms with van der Waals surface area (Å²) in [6.45, 7) is 5.51. The molecule has 0 bridgehead atoms. The maximum absolute atomic E-state index is 13.5. The molecule has 9 nitrogen and oxygen atoms in total. The molecule has 1 N–H and O–H groups in total. The van der Waals surface area contributed by atoms with Crippen molar-refractivity contribution in [3.63, 3.8) is 0 Å². The normalized spacial score (nSPS) is 14.5. The lowest BCUT2D eigenvalue weighted by molar-refractivity contribution is -0.139. The number of carbonyl (C=O) groups excluding carboxylic acids is 2. The molecule has 1 aliphatic heterocycles. The highest BCUT2D eigenvalue weighted by Crippen LogP contribution is 2.34. The average molecular weight is 522 g/mol. The van der Waals surface area contributed by atoms with E-state index in [0.29, 0.717) is 36.7 Å². The molecule has 2 atom stereocenters. The van der Waals surface area contributed by atoms with Crippen molar-refractivity contribution in [2.24, 2.45) is 0 Å². The van der Waals surface area contributed by atoms with E-state index in [9.17, 15) is 22.4 Å². The molecule has 0 radical (unpaired) electrons. The number of rotatable bonds is 10. The first kappa shape index (κ1) is 27.3. The number of carbonyl (C=O) groups is 2. The highest BCUT2D eigenvalue weighted by molar-refractivity contribution is 7.92. The van der Waals surface area contributed by atoms with Gasteiger partial charge in [0.05, 0.1) is 11.9 Å². The monoisotopic (exact) mass is 521 g/mol. The van der Waals surface area contributed by atoms with Crippen molar-refractivity contribution in [1.29, 1.82) is 0 Å². The second-order valence-electron chi connectivity index (χ2n) is 8.74. The molecule has 2 aromatic carbocycles. The van der Waals surface area contributed by atoms with Gasteiger partial charge in [-0.1, -0.05) is 19.1 Å². The van der Waals surface area contributed by atoms with E-state index < -0.39 is 34.3 Å². The van der Waals surface area contributed by atoms with Gasteiger partial charge in [-0.05, 0) is 50.1 Å². The summed E-state index contributed by atoms with van der Waals surface area (Å²) in [4.78, 5) is 27.7. The van der Waals surface area contributed by atoms with Gasteiger partial charge in [0.25, 0.3) is 0 Å². The van der Waals surface area contributed by atoms with Crippen LogP contribution in [0.4, 0.5) is 10.1 Å². The molecule has 196 valence electrons. The molecule has 2 amide bonds. The minimum Gasteiger partial charge on any atom is -0.486 e. The van der Waals surface area contributed by atoms with Crippen molar-refractivity contribution in [3.8, 4) is 11.5 Å². The van der Waals surface area contributed by atoms with E-state index in [2.05, 4.69) is 5.32 Å². The lowest BCUT2D eigenvalue weighted by Crippen LogP contribution is -2.52. The third-order valence-electron chi connectivity index (χ3n) is 5.93. The molecule has 0 aliphatic carbocycles. The SMILES string of the molecule is CC[C@@H](C)NC(=O)[C@@H](C)N(Cc1ccc(F)cc1)C(=O)CN(c1ccc2c(c1)OCCO2)S(C)(=O)=O. The van der Waals surface area contributed by atoms with Gasteiger partial charge < -0.3 is 19.7 Å². The average Bonchev–Trinajstić information content (AvgIpc) is 2.85. The van der Waals surface area contributed by atoms with Gasteiger partial charge in [0.2, 0.25) is 21.8 Å². The molecule has 0 spiro atoms. The zero-order valence-corrected chi connectivity index (χ0v) is 21.7. The quantitative estimate of drug-likeness (QED) is 0.516. The van der Waals surface area contributed by atoms with Gasteiger partial charge >= 0.3 is 0 Å². The number of halogens is 1. The summed E-state index contributed by atoms with van der Waals surface area (Å²) in [5.74, 6) is -0.528. The van der Waals surface area contributed by atoms with Crippen molar-refractivity contribution in [3.05, 3.63) is 53.8 Å². The molecular weight excluding hydrogens is 489 g/mol. The largest absolute Gasteiger partial charge is 0.486 e. The van der Waals surface area contributed by atoms with Gasteiger partial charge in [0, 0.05) is 18.7 Å². The predicted octanol–water partition coefficient (Wildman–Crippen LogP) is 2.69. The van der Waals surface area contributed by atoms with Gasteiger partial charge in [-0.3, -0.25) is 13.9 Å². The van der Waals surface area contributed by atoms with Crippen LogP contribution >= 0.6 is 0 Å². The molecule has 1 aliphatic rings. The number of anilines is 1. The molecule has 0 unspecified atom stereocenters. The Labute approximate surface area is 211 Å². The van der Waals surface area contributed by atoms with Gasteiger partial charge in [-0.15, -0.1) is 0 Å². The second-order valence-corrected chi connectivity index (χ2v) is 10.6. The summed E-state index contributed by atoms with van der Waals surface area (Å²) in [7, 11) is -3.88. The number of nitrogens with one attached hydrogen (secondary N) is 1. The van der Waals surface area contributed by atoms with Crippen LogP contribution in [0, 0.1) is 5.82 Å². The van der Waals surface area contributed by atoms with E-state index in [1.807, 2.05) is 13.8 Å². The molecule has 11 heteroatoms. The highest BCUT2D eigenvalue weighted by Gasteiger charge is 2.31. The number of sulfonamides is 1. The fourth-order valence-corrected chi connectivity index (χ4v) is 4.48. The Morgan fingerprint density at radius 1 is 1.06 bits per heavy atom. The summed E-state index contributed by atoms with van der Waals surface area (Å²) < 4.78 is 50.9. The van der Waals surface area contributed by atoms with Crippen molar-refractivity contribution in [2.75, 3.05) is 30.3 Å². The number of nitrogens with zero attached hydrogens (tertiary/aromatic N) is 2. The molecule has 2 aromatic rings. The molecular formula is C25H32FN3O6S. The standard InChI is InChI=1S/C25H32FN3O6S/c1-5-17(2)27-25(31)18(3)28(15-19-6-8-20(26)9-7-19)24(30)16-29(36(4,32)33)21-10-11-22-23(14-21)35-13-12-34-22/h6-11,14,17-18H,5,12-13,15-16H2,1-4H3,(H,27,31)/t17-,18-/m1/s1. The van der Waals surface area contributed by atoms with Crippen LogP contribution in [0.15, 0.2) is 42.5 Å². The fourth-order valence-electron chi connectivity index (χ4n) is 3.64. The summed E-state index contributed by atoms with van der Waals surface area (Å²) in [5, 5.41) is 2.85. The molecule has 0 saturated carbocycles. The topological polar surface area (TPSA) is 105 Å². The molecule has 0 saturated heterocycles. The van der Waals surface area contributed by atoms with E-state index in [-0.39, 0.29) is 24.2 Å². The molecule has 0 aromatic heterocycles. The van der Waals surface area contributed by atoms with E-state index in [1.165, 1.54) is 41.3 Å². The van der Waals surface area contributed by atoms with Gasteiger partial charge in [-0.2, -0.15) is 0 Å². The first-order valence-electron chi connectivity index (χ1n) is 11.7. The Bertz CT molecular complexity index is 1190. The summed E-state index contributed by atoms with van der Waals surface area (Å²) in [6, 6.07) is 9.18. The number of ether oxygens (including phenoxy) is 2. The number of hydrogen-bond acceptors (Lipinski definition) is 6. The van der Waals surface area contributed by atoms with Crippen molar-refractivity contribution in [1.82, 2.24) is 10.2 Å². The van der Waals surface area contributed by atoms with Crippen LogP contribution in [0.3, 0.4) is 0 Å². The summed E-state index contributed by atoms with van der Waals surface area (Å²) in [5.41, 5.74) is 0.826. The van der Waals surface area contributed by atoms with Crippen molar-refractivity contribution >= 4 is 27.5 Å². The Morgan fingerprint density at radius 3 is 2.31 bits per heavy atom. The zero-order valence-electron chi connectivity index (χ0n) is 20.9. The van der Waals surface area contributed by atoms with Crippen molar-refractivity contribution < 1.29 is 31.9 Å². The summed E-state index contributed by atoms with van der Waals surface area (Å²) >= 11 is 0. The molecule has 3 rings (SSSR count). The second kappa shape index (κ2) is 11.6. The van der Waals surface area contributed by atoms with E-state index in [1.54, 1.807) is 13.0 Å². The third-order valence-corrected chi connectivity index (χ3v) is 7.07.